The first-order valence-corrected chi connectivity index (χ1v) is 7.70. The number of aromatic nitrogens is 1. The van der Waals surface area contributed by atoms with Crippen LogP contribution in [0.25, 0.3) is 0 Å². The summed E-state index contributed by atoms with van der Waals surface area (Å²) in [6.07, 6.45) is 6.30. The van der Waals surface area contributed by atoms with E-state index in [-0.39, 0.29) is 0 Å². The Kier molecular flexibility index (Phi) is 3.48. The molecule has 1 unspecified atom stereocenters. The quantitative estimate of drug-likeness (QED) is 0.864. The molecule has 2 aliphatic rings. The first-order chi connectivity index (χ1) is 9.54. The van der Waals surface area contributed by atoms with E-state index >= 15 is 0 Å². The highest BCUT2D eigenvalue weighted by molar-refractivity contribution is 5.54. The molecule has 0 radical (unpaired) electrons. The van der Waals surface area contributed by atoms with Crippen LogP contribution in [-0.4, -0.2) is 17.6 Å². The van der Waals surface area contributed by atoms with Crippen molar-refractivity contribution in [2.24, 2.45) is 11.3 Å². The zero-order chi connectivity index (χ0) is 14.2. The van der Waals surface area contributed by atoms with Gasteiger partial charge in [-0.1, -0.05) is 20.3 Å². The maximum atomic E-state index is 5.94. The second kappa shape index (κ2) is 5.15. The number of nitrogens with one attached hydrogen (secondary N) is 1. The van der Waals surface area contributed by atoms with Gasteiger partial charge in [0.15, 0.2) is 0 Å². The smallest absolute Gasteiger partial charge is 0.239 e. The number of ether oxygens (including phenoxy) is 1. The minimum Gasteiger partial charge on any atom is -0.476 e. The average molecular weight is 275 g/mol. The van der Waals surface area contributed by atoms with Gasteiger partial charge in [-0.25, -0.2) is 0 Å². The molecule has 4 nitrogen and oxygen atoms in total. The molecule has 3 rings (SSSR count). The van der Waals surface area contributed by atoms with Crippen molar-refractivity contribution < 1.29 is 4.74 Å². The molecule has 110 valence electrons. The molecule has 0 amide bonds. The molecule has 20 heavy (non-hydrogen) atoms. The monoisotopic (exact) mass is 275 g/mol. The maximum absolute atomic E-state index is 5.94. The molecule has 1 heterocycles. The largest absolute Gasteiger partial charge is 0.476 e. The fourth-order valence-corrected chi connectivity index (χ4v) is 2.90. The van der Waals surface area contributed by atoms with E-state index in [2.05, 4.69) is 24.1 Å². The number of pyridine rings is 1. The molecule has 3 N–H and O–H groups in total. The van der Waals surface area contributed by atoms with Crippen LogP contribution in [0.2, 0.25) is 0 Å². The molecular formula is C16H25N3O. The molecule has 1 aromatic heterocycles. The van der Waals surface area contributed by atoms with Crippen molar-refractivity contribution in [1.82, 2.24) is 4.98 Å². The Labute approximate surface area is 121 Å². The van der Waals surface area contributed by atoms with Crippen LogP contribution in [0.15, 0.2) is 12.1 Å². The third-order valence-electron chi connectivity index (χ3n) is 4.62. The van der Waals surface area contributed by atoms with Gasteiger partial charge in [0.1, 0.15) is 5.82 Å². The van der Waals surface area contributed by atoms with Gasteiger partial charge in [0, 0.05) is 6.04 Å². The van der Waals surface area contributed by atoms with E-state index in [1.807, 2.05) is 12.1 Å². The first-order valence-electron chi connectivity index (χ1n) is 7.70. The molecule has 0 aromatic carbocycles. The number of nitrogens with two attached hydrogens (primary N) is 1. The number of nitrogen functional groups attached to an aromatic ring is 1. The highest BCUT2D eigenvalue weighted by Gasteiger charge is 2.34. The lowest BCUT2D eigenvalue weighted by Crippen LogP contribution is -2.31. The summed E-state index contributed by atoms with van der Waals surface area (Å²) in [5.74, 6) is 2.17. The third kappa shape index (κ3) is 3.00. The number of hydrogen-bond acceptors (Lipinski definition) is 4. The van der Waals surface area contributed by atoms with E-state index < -0.39 is 0 Å². The summed E-state index contributed by atoms with van der Waals surface area (Å²) in [6, 6.07) is 4.32. The topological polar surface area (TPSA) is 60.2 Å². The molecule has 4 heteroatoms. The molecule has 0 saturated heterocycles. The Morgan fingerprint density at radius 2 is 2.15 bits per heavy atom. The van der Waals surface area contributed by atoms with E-state index in [0.29, 0.717) is 28.9 Å². The van der Waals surface area contributed by atoms with Crippen molar-refractivity contribution in [2.75, 3.05) is 17.7 Å². The first kappa shape index (κ1) is 13.5. The van der Waals surface area contributed by atoms with Gasteiger partial charge in [-0.15, -0.1) is 0 Å². The lowest BCUT2D eigenvalue weighted by atomic mass is 9.87. The summed E-state index contributed by atoms with van der Waals surface area (Å²) in [5, 5.41) is 3.56. The number of rotatable bonds is 5. The van der Waals surface area contributed by atoms with E-state index in [1.165, 1.54) is 32.1 Å². The zero-order valence-electron chi connectivity index (χ0n) is 12.5. The minimum atomic E-state index is 0.331. The van der Waals surface area contributed by atoms with Gasteiger partial charge in [-0.3, -0.25) is 0 Å². The third-order valence-corrected chi connectivity index (χ3v) is 4.62. The molecule has 2 fully saturated rings. The van der Waals surface area contributed by atoms with Gasteiger partial charge in [0.05, 0.1) is 12.3 Å². The predicted molar refractivity (Wildman–Crippen MR) is 81.9 cm³/mol. The summed E-state index contributed by atoms with van der Waals surface area (Å²) in [4.78, 5) is 4.54. The van der Waals surface area contributed by atoms with Crippen LogP contribution in [0, 0.1) is 11.3 Å². The van der Waals surface area contributed by atoms with Crippen molar-refractivity contribution in [2.45, 2.75) is 52.0 Å². The highest BCUT2D eigenvalue weighted by atomic mass is 16.5. The molecule has 2 aliphatic carbocycles. The van der Waals surface area contributed by atoms with Crippen LogP contribution >= 0.6 is 0 Å². The summed E-state index contributed by atoms with van der Waals surface area (Å²) >= 11 is 0. The Balaban J connectivity index is 1.68. The number of anilines is 2. The standard InChI is InChI=1S/C16H25N3O/c1-16(2)9-3-4-13(16)18-14-8-7-12(17)15(19-14)20-10-11-5-6-11/h7-8,11,13H,3-6,9-10,17H2,1-2H3,(H,18,19). The fraction of sp³-hybridized carbons (Fsp3) is 0.688. The molecular weight excluding hydrogens is 250 g/mol. The Morgan fingerprint density at radius 3 is 2.80 bits per heavy atom. The van der Waals surface area contributed by atoms with Crippen LogP contribution in [0.5, 0.6) is 5.88 Å². The summed E-state index contributed by atoms with van der Waals surface area (Å²) in [6.45, 7) is 5.38. The van der Waals surface area contributed by atoms with E-state index in [9.17, 15) is 0 Å². The zero-order valence-corrected chi connectivity index (χ0v) is 12.5. The Morgan fingerprint density at radius 1 is 1.35 bits per heavy atom. The SMILES string of the molecule is CC1(C)CCCC1Nc1ccc(N)c(OCC2CC2)n1. The van der Waals surface area contributed by atoms with Gasteiger partial charge in [0.25, 0.3) is 0 Å². The van der Waals surface area contributed by atoms with E-state index in [0.717, 1.165) is 12.4 Å². The van der Waals surface area contributed by atoms with Crippen LogP contribution < -0.4 is 15.8 Å². The second-order valence-electron chi connectivity index (χ2n) is 6.92. The normalized spacial score (nSPS) is 24.6. The van der Waals surface area contributed by atoms with E-state index in [1.54, 1.807) is 0 Å². The molecule has 0 aliphatic heterocycles. The molecule has 0 bridgehead atoms. The second-order valence-corrected chi connectivity index (χ2v) is 6.92. The number of hydrogen-bond donors (Lipinski definition) is 2. The molecule has 2 saturated carbocycles. The summed E-state index contributed by atoms with van der Waals surface area (Å²) in [5.41, 5.74) is 6.90. The van der Waals surface area contributed by atoms with E-state index in [4.69, 9.17) is 10.5 Å². The minimum absolute atomic E-state index is 0.331. The van der Waals surface area contributed by atoms with Crippen molar-refractivity contribution in [3.8, 4) is 5.88 Å². The summed E-state index contributed by atoms with van der Waals surface area (Å²) < 4.78 is 5.74. The molecule has 1 aromatic rings. The van der Waals surface area contributed by atoms with Gasteiger partial charge < -0.3 is 15.8 Å². The Bertz CT molecular complexity index is 483. The summed E-state index contributed by atoms with van der Waals surface area (Å²) in [7, 11) is 0. The lowest BCUT2D eigenvalue weighted by Gasteiger charge is -2.28. The molecule has 1 atom stereocenters. The fourth-order valence-electron chi connectivity index (χ4n) is 2.90. The van der Waals surface area contributed by atoms with Gasteiger partial charge >= 0.3 is 0 Å². The van der Waals surface area contributed by atoms with Crippen LogP contribution in [0.4, 0.5) is 11.5 Å². The lowest BCUT2D eigenvalue weighted by molar-refractivity contribution is 0.290. The highest BCUT2D eigenvalue weighted by Crippen LogP contribution is 2.39. The van der Waals surface area contributed by atoms with Crippen LogP contribution in [-0.2, 0) is 0 Å². The van der Waals surface area contributed by atoms with Crippen LogP contribution in [0.3, 0.4) is 0 Å². The van der Waals surface area contributed by atoms with Gasteiger partial charge in [-0.2, -0.15) is 4.98 Å². The molecule has 0 spiro atoms. The predicted octanol–water partition coefficient (Wildman–Crippen LogP) is 3.44. The van der Waals surface area contributed by atoms with Gasteiger partial charge in [0.2, 0.25) is 5.88 Å². The average Bonchev–Trinajstić information content (AvgIpc) is 3.16. The maximum Gasteiger partial charge on any atom is 0.239 e. The van der Waals surface area contributed by atoms with Crippen LogP contribution in [0.1, 0.15) is 46.0 Å². The van der Waals surface area contributed by atoms with Crippen molar-refractivity contribution in [3.63, 3.8) is 0 Å². The van der Waals surface area contributed by atoms with Crippen molar-refractivity contribution in [1.29, 1.82) is 0 Å². The van der Waals surface area contributed by atoms with Crippen molar-refractivity contribution in [3.05, 3.63) is 12.1 Å². The Hall–Kier alpha value is -1.45. The van der Waals surface area contributed by atoms with Gasteiger partial charge in [-0.05, 0) is 49.1 Å². The van der Waals surface area contributed by atoms with Crippen molar-refractivity contribution >= 4 is 11.5 Å². The number of nitrogens with zero attached hydrogens (tertiary/aromatic N) is 1.